The molecular formula is C17H15N3O. The summed E-state index contributed by atoms with van der Waals surface area (Å²) in [5.74, 6) is -0.206. The number of carbonyl (C=O) groups is 1. The molecule has 1 aromatic heterocycles. The first-order valence-corrected chi connectivity index (χ1v) is 6.66. The lowest BCUT2D eigenvalue weighted by Crippen LogP contribution is -2.14. The summed E-state index contributed by atoms with van der Waals surface area (Å²) in [6.45, 7) is 1.79. The van der Waals surface area contributed by atoms with Crippen LogP contribution in [0.2, 0.25) is 0 Å². The number of benzene rings is 2. The van der Waals surface area contributed by atoms with Gasteiger partial charge in [0.05, 0.1) is 23.1 Å². The van der Waals surface area contributed by atoms with Crippen LogP contribution in [0.25, 0.3) is 10.8 Å². The number of pyridine rings is 1. The quantitative estimate of drug-likeness (QED) is 0.754. The van der Waals surface area contributed by atoms with E-state index in [9.17, 15) is 4.79 Å². The van der Waals surface area contributed by atoms with E-state index in [4.69, 9.17) is 5.73 Å². The molecule has 0 saturated carbocycles. The first-order chi connectivity index (χ1) is 10.1. The molecule has 4 heteroatoms. The van der Waals surface area contributed by atoms with Crippen LogP contribution >= 0.6 is 0 Å². The Morgan fingerprint density at radius 3 is 2.67 bits per heavy atom. The molecular weight excluding hydrogens is 262 g/mol. The molecule has 0 unspecified atom stereocenters. The molecule has 0 spiro atoms. The fourth-order valence-corrected chi connectivity index (χ4v) is 2.24. The molecule has 0 aliphatic carbocycles. The van der Waals surface area contributed by atoms with Gasteiger partial charge in [0.25, 0.3) is 5.91 Å². The van der Waals surface area contributed by atoms with Crippen molar-refractivity contribution in [2.45, 2.75) is 6.92 Å². The number of nitrogens with two attached hydrogens (primary N) is 1. The Balaban J connectivity index is 1.90. The molecule has 4 nitrogen and oxygen atoms in total. The Bertz CT molecular complexity index is 827. The van der Waals surface area contributed by atoms with E-state index in [0.29, 0.717) is 16.9 Å². The van der Waals surface area contributed by atoms with Gasteiger partial charge >= 0.3 is 0 Å². The zero-order valence-electron chi connectivity index (χ0n) is 11.6. The van der Waals surface area contributed by atoms with Crippen LogP contribution in [0.15, 0.2) is 54.7 Å². The van der Waals surface area contributed by atoms with Crippen LogP contribution in [0.1, 0.15) is 16.1 Å². The van der Waals surface area contributed by atoms with Gasteiger partial charge in [-0.3, -0.25) is 9.78 Å². The zero-order chi connectivity index (χ0) is 14.8. The third-order valence-corrected chi connectivity index (χ3v) is 3.36. The summed E-state index contributed by atoms with van der Waals surface area (Å²) in [6, 6.07) is 15.5. The Hall–Kier alpha value is -2.88. The van der Waals surface area contributed by atoms with Crippen molar-refractivity contribution in [2.75, 3.05) is 11.1 Å². The minimum Gasteiger partial charge on any atom is -0.397 e. The normalized spacial score (nSPS) is 10.5. The van der Waals surface area contributed by atoms with Crippen molar-refractivity contribution in [3.05, 3.63) is 66.0 Å². The van der Waals surface area contributed by atoms with Gasteiger partial charge < -0.3 is 11.1 Å². The van der Waals surface area contributed by atoms with Crippen molar-refractivity contribution in [3.63, 3.8) is 0 Å². The highest BCUT2D eigenvalue weighted by molar-refractivity contribution is 6.06. The highest BCUT2D eigenvalue weighted by Crippen LogP contribution is 2.20. The molecule has 3 N–H and O–H groups in total. The maximum absolute atomic E-state index is 12.3. The molecule has 3 aromatic rings. The SMILES string of the molecule is Cc1ncc(N)cc1C(=O)Nc1ccc2ccccc2c1. The maximum atomic E-state index is 12.3. The number of nitrogens with one attached hydrogen (secondary N) is 1. The van der Waals surface area contributed by atoms with Gasteiger partial charge in [-0.05, 0) is 35.9 Å². The third kappa shape index (κ3) is 2.69. The summed E-state index contributed by atoms with van der Waals surface area (Å²) >= 11 is 0. The molecule has 104 valence electrons. The number of hydrogen-bond donors (Lipinski definition) is 2. The standard InChI is InChI=1S/C17H15N3O/c1-11-16(9-14(18)10-19-11)17(21)20-15-7-6-12-4-2-3-5-13(12)8-15/h2-10H,18H2,1H3,(H,20,21). The van der Waals surface area contributed by atoms with Gasteiger partial charge in [0, 0.05) is 5.69 Å². The summed E-state index contributed by atoms with van der Waals surface area (Å²) in [5.41, 5.74) is 8.06. The monoisotopic (exact) mass is 277 g/mol. The lowest BCUT2D eigenvalue weighted by atomic mass is 10.1. The molecule has 1 amide bonds. The van der Waals surface area contributed by atoms with E-state index in [2.05, 4.69) is 10.3 Å². The fourth-order valence-electron chi connectivity index (χ4n) is 2.24. The van der Waals surface area contributed by atoms with E-state index in [1.54, 1.807) is 19.2 Å². The first-order valence-electron chi connectivity index (χ1n) is 6.66. The van der Waals surface area contributed by atoms with Crippen LogP contribution in [0.3, 0.4) is 0 Å². The van der Waals surface area contributed by atoms with Crippen molar-refractivity contribution >= 4 is 28.1 Å². The largest absolute Gasteiger partial charge is 0.397 e. The van der Waals surface area contributed by atoms with Gasteiger partial charge in [0.15, 0.2) is 0 Å². The average molecular weight is 277 g/mol. The number of nitrogen functional groups attached to an aromatic ring is 1. The highest BCUT2D eigenvalue weighted by Gasteiger charge is 2.11. The van der Waals surface area contributed by atoms with Gasteiger partial charge in [-0.1, -0.05) is 30.3 Å². The number of nitrogens with zero attached hydrogens (tertiary/aromatic N) is 1. The van der Waals surface area contributed by atoms with E-state index < -0.39 is 0 Å². The third-order valence-electron chi connectivity index (χ3n) is 3.36. The van der Waals surface area contributed by atoms with Gasteiger partial charge in [0.1, 0.15) is 0 Å². The number of fused-ring (bicyclic) bond motifs is 1. The second-order valence-electron chi connectivity index (χ2n) is 4.92. The van der Waals surface area contributed by atoms with Gasteiger partial charge in [-0.15, -0.1) is 0 Å². The molecule has 0 atom stereocenters. The second-order valence-corrected chi connectivity index (χ2v) is 4.92. The molecule has 2 aromatic carbocycles. The number of aryl methyl sites for hydroxylation is 1. The minimum atomic E-state index is -0.206. The van der Waals surface area contributed by atoms with Crippen LogP contribution in [0.4, 0.5) is 11.4 Å². The summed E-state index contributed by atoms with van der Waals surface area (Å²) < 4.78 is 0. The average Bonchev–Trinajstić information content (AvgIpc) is 2.49. The Morgan fingerprint density at radius 1 is 1.10 bits per heavy atom. The lowest BCUT2D eigenvalue weighted by Gasteiger charge is -2.09. The highest BCUT2D eigenvalue weighted by atomic mass is 16.1. The van der Waals surface area contributed by atoms with Crippen LogP contribution in [-0.4, -0.2) is 10.9 Å². The molecule has 0 fully saturated rings. The smallest absolute Gasteiger partial charge is 0.257 e. The molecule has 21 heavy (non-hydrogen) atoms. The topological polar surface area (TPSA) is 68.0 Å². The maximum Gasteiger partial charge on any atom is 0.257 e. The van der Waals surface area contributed by atoms with Crippen LogP contribution in [0.5, 0.6) is 0 Å². The Labute approximate surface area is 122 Å². The molecule has 0 aliphatic rings. The van der Waals surface area contributed by atoms with Gasteiger partial charge in [-0.25, -0.2) is 0 Å². The van der Waals surface area contributed by atoms with Gasteiger partial charge in [-0.2, -0.15) is 0 Å². The number of rotatable bonds is 2. The molecule has 1 heterocycles. The Morgan fingerprint density at radius 2 is 1.86 bits per heavy atom. The number of amides is 1. The van der Waals surface area contributed by atoms with E-state index in [1.165, 1.54) is 0 Å². The molecule has 0 aliphatic heterocycles. The van der Waals surface area contributed by atoms with Crippen molar-refractivity contribution < 1.29 is 4.79 Å². The lowest BCUT2D eigenvalue weighted by molar-refractivity contribution is 0.102. The number of anilines is 2. The second kappa shape index (κ2) is 5.25. The zero-order valence-corrected chi connectivity index (χ0v) is 11.6. The number of aromatic nitrogens is 1. The predicted molar refractivity (Wildman–Crippen MR) is 85.3 cm³/mol. The number of carbonyl (C=O) groups excluding carboxylic acids is 1. The Kier molecular flexibility index (Phi) is 3.28. The minimum absolute atomic E-state index is 0.206. The van der Waals surface area contributed by atoms with E-state index in [1.807, 2.05) is 42.5 Å². The van der Waals surface area contributed by atoms with E-state index in [-0.39, 0.29) is 5.91 Å². The van der Waals surface area contributed by atoms with E-state index in [0.717, 1.165) is 16.5 Å². The summed E-state index contributed by atoms with van der Waals surface area (Å²) in [5, 5.41) is 5.10. The molecule has 3 rings (SSSR count). The van der Waals surface area contributed by atoms with E-state index >= 15 is 0 Å². The summed E-state index contributed by atoms with van der Waals surface area (Å²) in [7, 11) is 0. The summed E-state index contributed by atoms with van der Waals surface area (Å²) in [6.07, 6.45) is 1.54. The molecule has 0 saturated heterocycles. The predicted octanol–water partition coefficient (Wildman–Crippen LogP) is 3.38. The fraction of sp³-hybridized carbons (Fsp3) is 0.0588. The van der Waals surface area contributed by atoms with Crippen molar-refractivity contribution in [2.24, 2.45) is 0 Å². The van der Waals surface area contributed by atoms with Crippen LogP contribution in [-0.2, 0) is 0 Å². The van der Waals surface area contributed by atoms with Crippen molar-refractivity contribution in [1.29, 1.82) is 0 Å². The summed E-state index contributed by atoms with van der Waals surface area (Å²) in [4.78, 5) is 16.4. The van der Waals surface area contributed by atoms with Crippen molar-refractivity contribution in [1.82, 2.24) is 4.98 Å². The first kappa shape index (κ1) is 13.1. The number of hydrogen-bond acceptors (Lipinski definition) is 3. The van der Waals surface area contributed by atoms with Crippen LogP contribution < -0.4 is 11.1 Å². The van der Waals surface area contributed by atoms with Gasteiger partial charge in [0.2, 0.25) is 0 Å². The molecule has 0 radical (unpaired) electrons. The van der Waals surface area contributed by atoms with Crippen LogP contribution in [0, 0.1) is 6.92 Å². The molecule has 0 bridgehead atoms. The van der Waals surface area contributed by atoms with Crippen molar-refractivity contribution in [3.8, 4) is 0 Å².